The molecule has 0 fully saturated rings. The number of ether oxygens (including phenoxy) is 4. The second-order valence-corrected chi connectivity index (χ2v) is 5.60. The van der Waals surface area contributed by atoms with Crippen LogP contribution in [-0.2, 0) is 9.53 Å². The summed E-state index contributed by atoms with van der Waals surface area (Å²) >= 11 is 5.86. The van der Waals surface area contributed by atoms with E-state index in [0.29, 0.717) is 22.3 Å². The van der Waals surface area contributed by atoms with Crippen molar-refractivity contribution in [3.05, 3.63) is 59.1 Å². The number of rotatable bonds is 9. The molecule has 2 aromatic carbocycles. The Morgan fingerprint density at radius 2 is 2.00 bits per heavy atom. The summed E-state index contributed by atoms with van der Waals surface area (Å²) in [6.45, 7) is 0.258. The minimum Gasteiger partial charge on any atom is -0.493 e. The lowest BCUT2D eigenvalue weighted by Crippen LogP contribution is -2.10. The number of benzene rings is 2. The van der Waals surface area contributed by atoms with E-state index in [2.05, 4.69) is 0 Å². The van der Waals surface area contributed by atoms with Gasteiger partial charge in [-0.25, -0.2) is 4.79 Å². The van der Waals surface area contributed by atoms with E-state index in [1.54, 1.807) is 48.5 Å². The van der Waals surface area contributed by atoms with Gasteiger partial charge in [0.25, 0.3) is 0 Å². The maximum absolute atomic E-state index is 11.8. The van der Waals surface area contributed by atoms with Gasteiger partial charge >= 0.3 is 5.97 Å². The highest BCUT2D eigenvalue weighted by Crippen LogP contribution is 2.28. The van der Waals surface area contributed by atoms with E-state index in [4.69, 9.17) is 35.8 Å². The molecule has 140 valence electrons. The topological polar surface area (TPSA) is 77.8 Å². The first-order chi connectivity index (χ1) is 13.1. The molecule has 7 heteroatoms. The number of methoxy groups -OCH3 is 1. The zero-order valence-corrected chi connectivity index (χ0v) is 15.4. The van der Waals surface area contributed by atoms with Crippen LogP contribution in [0.1, 0.15) is 5.56 Å². The van der Waals surface area contributed by atoms with Gasteiger partial charge in [0.1, 0.15) is 25.0 Å². The number of esters is 1. The maximum Gasteiger partial charge on any atom is 0.330 e. The molecule has 0 atom stereocenters. The Hall–Kier alpha value is -3.17. The molecule has 2 rings (SSSR count). The Labute approximate surface area is 162 Å². The SMILES string of the molecule is COc1cc(/C=C/C(=O)OCCOc2cccc(Cl)c2)ccc1OCC#N. The predicted molar refractivity (Wildman–Crippen MR) is 101 cm³/mol. The Morgan fingerprint density at radius 1 is 1.15 bits per heavy atom. The molecule has 0 aromatic heterocycles. The molecule has 0 amide bonds. The lowest BCUT2D eigenvalue weighted by atomic mass is 10.2. The van der Waals surface area contributed by atoms with Gasteiger partial charge in [-0.3, -0.25) is 0 Å². The van der Waals surface area contributed by atoms with Gasteiger partial charge in [-0.05, 0) is 42.0 Å². The smallest absolute Gasteiger partial charge is 0.330 e. The molecule has 27 heavy (non-hydrogen) atoms. The highest BCUT2D eigenvalue weighted by Gasteiger charge is 2.05. The number of nitriles is 1. The lowest BCUT2D eigenvalue weighted by molar-refractivity contribution is -0.138. The first kappa shape index (κ1) is 20.1. The summed E-state index contributed by atoms with van der Waals surface area (Å²) in [5.41, 5.74) is 0.725. The highest BCUT2D eigenvalue weighted by atomic mass is 35.5. The second kappa shape index (κ2) is 10.7. The van der Waals surface area contributed by atoms with Crippen molar-refractivity contribution in [2.24, 2.45) is 0 Å². The first-order valence-corrected chi connectivity index (χ1v) is 8.41. The summed E-state index contributed by atoms with van der Waals surface area (Å²) in [5.74, 6) is 1.04. The zero-order chi connectivity index (χ0) is 19.5. The average Bonchev–Trinajstić information content (AvgIpc) is 2.68. The number of hydrogen-bond acceptors (Lipinski definition) is 6. The van der Waals surface area contributed by atoms with Crippen LogP contribution in [0.5, 0.6) is 17.2 Å². The summed E-state index contributed by atoms with van der Waals surface area (Å²) in [6, 6.07) is 14.0. The maximum atomic E-state index is 11.8. The monoisotopic (exact) mass is 387 g/mol. The summed E-state index contributed by atoms with van der Waals surface area (Å²) in [5, 5.41) is 9.14. The molecular formula is C20H18ClNO5. The van der Waals surface area contributed by atoms with Crippen LogP contribution in [0.4, 0.5) is 0 Å². The molecule has 6 nitrogen and oxygen atoms in total. The molecular weight excluding hydrogens is 370 g/mol. The molecule has 0 bridgehead atoms. The van der Waals surface area contributed by atoms with Crippen molar-refractivity contribution in [3.63, 3.8) is 0 Å². The summed E-state index contributed by atoms with van der Waals surface area (Å²) in [7, 11) is 1.50. The van der Waals surface area contributed by atoms with E-state index in [9.17, 15) is 4.79 Å². The van der Waals surface area contributed by atoms with Crippen LogP contribution in [-0.4, -0.2) is 32.9 Å². The molecule has 0 saturated heterocycles. The van der Waals surface area contributed by atoms with Crippen LogP contribution in [0, 0.1) is 11.3 Å². The van der Waals surface area contributed by atoms with Crippen molar-refractivity contribution < 1.29 is 23.7 Å². The van der Waals surface area contributed by atoms with Gasteiger partial charge in [-0.2, -0.15) is 5.26 Å². The molecule has 0 heterocycles. The van der Waals surface area contributed by atoms with E-state index in [0.717, 1.165) is 5.56 Å². The van der Waals surface area contributed by atoms with E-state index < -0.39 is 5.97 Å². The van der Waals surface area contributed by atoms with Gasteiger partial charge in [0.15, 0.2) is 18.1 Å². The number of halogens is 1. The molecule has 0 aliphatic heterocycles. The van der Waals surface area contributed by atoms with Gasteiger partial charge in [0, 0.05) is 11.1 Å². The van der Waals surface area contributed by atoms with Gasteiger partial charge in [-0.1, -0.05) is 23.7 Å². The van der Waals surface area contributed by atoms with Crippen LogP contribution in [0.2, 0.25) is 5.02 Å². The third-order valence-corrected chi connectivity index (χ3v) is 3.52. The second-order valence-electron chi connectivity index (χ2n) is 5.16. The fourth-order valence-corrected chi connectivity index (χ4v) is 2.27. The number of nitrogens with zero attached hydrogens (tertiary/aromatic N) is 1. The van der Waals surface area contributed by atoms with Crippen LogP contribution in [0.3, 0.4) is 0 Å². The zero-order valence-electron chi connectivity index (χ0n) is 14.7. The number of carbonyl (C=O) groups is 1. The first-order valence-electron chi connectivity index (χ1n) is 8.03. The van der Waals surface area contributed by atoms with Crippen molar-refractivity contribution in [1.82, 2.24) is 0 Å². The minimum absolute atomic E-state index is 0.0743. The van der Waals surface area contributed by atoms with E-state index in [1.165, 1.54) is 13.2 Å². The number of hydrogen-bond donors (Lipinski definition) is 0. The summed E-state index contributed by atoms with van der Waals surface area (Å²) in [4.78, 5) is 11.8. The molecule has 0 saturated carbocycles. The van der Waals surface area contributed by atoms with Crippen molar-refractivity contribution in [2.45, 2.75) is 0 Å². The highest BCUT2D eigenvalue weighted by molar-refractivity contribution is 6.30. The fraction of sp³-hybridized carbons (Fsp3) is 0.200. The Bertz CT molecular complexity index is 845. The molecule has 2 aromatic rings. The average molecular weight is 388 g/mol. The molecule has 0 aliphatic carbocycles. The summed E-state index contributed by atoms with van der Waals surface area (Å²) in [6.07, 6.45) is 2.90. The molecule has 0 spiro atoms. The van der Waals surface area contributed by atoms with E-state index in [1.807, 2.05) is 6.07 Å². The normalized spacial score (nSPS) is 10.3. The van der Waals surface area contributed by atoms with Crippen LogP contribution in [0.25, 0.3) is 6.08 Å². The van der Waals surface area contributed by atoms with Crippen LogP contribution >= 0.6 is 11.6 Å². The lowest BCUT2D eigenvalue weighted by Gasteiger charge is -2.09. The fourth-order valence-electron chi connectivity index (χ4n) is 2.09. The van der Waals surface area contributed by atoms with Gasteiger partial charge in [-0.15, -0.1) is 0 Å². The Balaban J connectivity index is 1.81. The molecule has 0 N–H and O–H groups in total. The minimum atomic E-state index is -0.492. The largest absolute Gasteiger partial charge is 0.493 e. The third kappa shape index (κ3) is 6.92. The van der Waals surface area contributed by atoms with E-state index >= 15 is 0 Å². The van der Waals surface area contributed by atoms with Crippen molar-refractivity contribution in [2.75, 3.05) is 26.9 Å². The molecule has 0 unspecified atom stereocenters. The predicted octanol–water partition coefficient (Wildman–Crippen LogP) is 3.89. The van der Waals surface area contributed by atoms with Crippen LogP contribution < -0.4 is 14.2 Å². The van der Waals surface area contributed by atoms with Gasteiger partial charge in [0.2, 0.25) is 0 Å². The van der Waals surface area contributed by atoms with E-state index in [-0.39, 0.29) is 19.8 Å². The van der Waals surface area contributed by atoms with Crippen molar-refractivity contribution in [3.8, 4) is 23.3 Å². The third-order valence-electron chi connectivity index (χ3n) is 3.28. The number of carbonyl (C=O) groups excluding carboxylic acids is 1. The van der Waals surface area contributed by atoms with Crippen molar-refractivity contribution in [1.29, 1.82) is 5.26 Å². The Morgan fingerprint density at radius 3 is 2.74 bits per heavy atom. The van der Waals surface area contributed by atoms with Crippen molar-refractivity contribution >= 4 is 23.6 Å². The van der Waals surface area contributed by atoms with Gasteiger partial charge < -0.3 is 18.9 Å². The molecule has 0 radical (unpaired) electrons. The standard InChI is InChI=1S/C20H18ClNO5/c1-24-19-13-15(5-7-18(19)26-10-9-22)6-8-20(23)27-12-11-25-17-4-2-3-16(21)14-17/h2-8,13-14H,10-12H2,1H3/b8-6+. The Kier molecular flexibility index (Phi) is 8.01. The van der Waals surface area contributed by atoms with Gasteiger partial charge in [0.05, 0.1) is 7.11 Å². The van der Waals surface area contributed by atoms with Crippen LogP contribution in [0.15, 0.2) is 48.5 Å². The quantitative estimate of drug-likeness (QED) is 0.369. The molecule has 0 aliphatic rings. The summed E-state index contributed by atoms with van der Waals surface area (Å²) < 4.78 is 21.0.